The van der Waals surface area contributed by atoms with Crippen LogP contribution in [0.15, 0.2) is 77.7 Å². The summed E-state index contributed by atoms with van der Waals surface area (Å²) in [6.45, 7) is 0.721. The minimum atomic E-state index is -1.49. The molecule has 35 heavy (non-hydrogen) atoms. The number of hydrogen-bond acceptors (Lipinski definition) is 7. The number of carbonyl (C=O) groups is 2. The third-order valence-electron chi connectivity index (χ3n) is 6.53. The highest BCUT2D eigenvalue weighted by Gasteiger charge is 2.55. The highest BCUT2D eigenvalue weighted by molar-refractivity contribution is 6.31. The second-order valence-electron chi connectivity index (χ2n) is 8.86. The van der Waals surface area contributed by atoms with Crippen LogP contribution in [0.4, 0.5) is 0 Å². The third kappa shape index (κ3) is 4.97. The summed E-state index contributed by atoms with van der Waals surface area (Å²) in [6, 6.07) is 21.0. The van der Waals surface area contributed by atoms with E-state index < -0.39 is 17.8 Å². The summed E-state index contributed by atoms with van der Waals surface area (Å²) in [4.78, 5) is 40.6. The predicted octanol–water partition coefficient (Wildman–Crippen LogP) is 3.77. The monoisotopic (exact) mass is 474 g/mol. The molecule has 180 valence electrons. The molecule has 2 aliphatic rings. The molecule has 0 saturated carbocycles. The number of nitrogens with one attached hydrogen (secondary N) is 1. The van der Waals surface area contributed by atoms with Gasteiger partial charge in [-0.3, -0.25) is 4.79 Å². The zero-order chi connectivity index (χ0) is 24.3. The Hall–Kier alpha value is -3.91. The largest absolute Gasteiger partial charge is 0.457 e. The van der Waals surface area contributed by atoms with Crippen molar-refractivity contribution in [1.82, 2.24) is 9.88 Å². The summed E-state index contributed by atoms with van der Waals surface area (Å²) in [7, 11) is 0. The van der Waals surface area contributed by atoms with Gasteiger partial charge in [0.1, 0.15) is 11.5 Å². The number of aromatic nitrogens is 1. The van der Waals surface area contributed by atoms with Gasteiger partial charge in [-0.1, -0.05) is 42.5 Å². The van der Waals surface area contributed by atoms with Crippen molar-refractivity contribution in [2.24, 2.45) is 5.92 Å². The van der Waals surface area contributed by atoms with Gasteiger partial charge in [0.25, 0.3) is 5.56 Å². The van der Waals surface area contributed by atoms with E-state index in [2.05, 4.69) is 4.98 Å². The summed E-state index contributed by atoms with van der Waals surface area (Å²) >= 11 is 0. The number of para-hydroxylation sites is 2. The SMILES string of the molecule is O=C1OC2(CC(CCc3ccccc3Oc3ccccc3)CCN2Cc2ccc[nH]c2=O)OC1=O. The first-order valence-electron chi connectivity index (χ1n) is 11.7. The van der Waals surface area contributed by atoms with E-state index in [0.717, 1.165) is 36.3 Å². The van der Waals surface area contributed by atoms with Crippen molar-refractivity contribution in [3.63, 3.8) is 0 Å². The van der Waals surface area contributed by atoms with E-state index in [-0.39, 0.29) is 18.0 Å². The quantitative estimate of drug-likeness (QED) is 0.411. The van der Waals surface area contributed by atoms with E-state index in [4.69, 9.17) is 14.2 Å². The van der Waals surface area contributed by atoms with Crippen LogP contribution in [-0.2, 0) is 32.0 Å². The standard InChI is InChI=1S/C27H26N2O6/c30-24-21(8-6-15-28-24)18-29-16-14-19(17-27(29)34-25(31)26(32)35-27)12-13-20-7-4-5-11-23(20)33-22-9-2-1-3-10-22/h1-11,15,19H,12-14,16-18H2,(H,28,30). The lowest BCUT2D eigenvalue weighted by molar-refractivity contribution is -0.274. The molecule has 5 rings (SSSR count). The number of aryl methyl sites for hydroxylation is 1. The van der Waals surface area contributed by atoms with Crippen molar-refractivity contribution in [2.75, 3.05) is 6.54 Å². The van der Waals surface area contributed by atoms with Gasteiger partial charge in [0.05, 0.1) is 0 Å². The van der Waals surface area contributed by atoms with Crippen LogP contribution >= 0.6 is 0 Å². The first kappa shape index (κ1) is 22.9. The molecule has 2 fully saturated rings. The first-order chi connectivity index (χ1) is 17.0. The molecule has 0 amide bonds. The molecule has 0 radical (unpaired) electrons. The van der Waals surface area contributed by atoms with Crippen LogP contribution in [0.3, 0.4) is 0 Å². The molecule has 1 spiro atoms. The van der Waals surface area contributed by atoms with Crippen LogP contribution in [0.5, 0.6) is 11.5 Å². The summed E-state index contributed by atoms with van der Waals surface area (Å²) in [5, 5.41) is 0. The van der Waals surface area contributed by atoms with Gasteiger partial charge in [0.2, 0.25) is 0 Å². The molecular weight excluding hydrogens is 448 g/mol. The van der Waals surface area contributed by atoms with Gasteiger partial charge in [0.15, 0.2) is 0 Å². The molecule has 1 aromatic heterocycles. The molecule has 2 aliphatic heterocycles. The first-order valence-corrected chi connectivity index (χ1v) is 11.7. The molecular formula is C27H26N2O6. The summed E-state index contributed by atoms with van der Waals surface area (Å²) in [5.41, 5.74) is 1.36. The van der Waals surface area contributed by atoms with Gasteiger partial charge in [-0.15, -0.1) is 0 Å². The lowest BCUT2D eigenvalue weighted by atomic mass is 9.88. The number of likely N-dealkylation sites (tertiary alicyclic amines) is 1. The van der Waals surface area contributed by atoms with Crippen molar-refractivity contribution >= 4 is 11.9 Å². The Morgan fingerprint density at radius 3 is 2.40 bits per heavy atom. The summed E-state index contributed by atoms with van der Waals surface area (Å²) in [6.07, 6.45) is 4.26. The number of aromatic amines is 1. The van der Waals surface area contributed by atoms with Crippen LogP contribution in [0, 0.1) is 5.92 Å². The van der Waals surface area contributed by atoms with E-state index in [1.54, 1.807) is 23.2 Å². The van der Waals surface area contributed by atoms with E-state index in [9.17, 15) is 14.4 Å². The van der Waals surface area contributed by atoms with Crippen molar-refractivity contribution in [3.8, 4) is 11.5 Å². The maximum atomic E-state index is 12.2. The second kappa shape index (κ2) is 9.76. The molecule has 0 aliphatic carbocycles. The zero-order valence-electron chi connectivity index (χ0n) is 19.1. The molecule has 1 atom stereocenters. The van der Waals surface area contributed by atoms with E-state index in [1.165, 1.54) is 0 Å². The second-order valence-corrected chi connectivity index (χ2v) is 8.86. The van der Waals surface area contributed by atoms with Gasteiger partial charge in [-0.05, 0) is 55.0 Å². The van der Waals surface area contributed by atoms with E-state index in [0.29, 0.717) is 18.5 Å². The Bertz CT molecular complexity index is 1260. The highest BCUT2D eigenvalue weighted by Crippen LogP contribution is 2.40. The normalized spacial score (nSPS) is 19.4. The Labute approximate surface area is 202 Å². The van der Waals surface area contributed by atoms with Crippen molar-refractivity contribution in [3.05, 3.63) is 94.4 Å². The third-order valence-corrected chi connectivity index (χ3v) is 6.53. The fourth-order valence-electron chi connectivity index (χ4n) is 4.73. The molecule has 0 bridgehead atoms. The molecule has 2 aromatic carbocycles. The average molecular weight is 475 g/mol. The minimum absolute atomic E-state index is 0.142. The number of ether oxygens (including phenoxy) is 3. The maximum absolute atomic E-state index is 12.2. The Morgan fingerprint density at radius 2 is 1.63 bits per heavy atom. The molecule has 3 aromatic rings. The fourth-order valence-corrected chi connectivity index (χ4v) is 4.73. The molecule has 3 heterocycles. The van der Waals surface area contributed by atoms with Gasteiger partial charge in [0, 0.05) is 31.3 Å². The lowest BCUT2D eigenvalue weighted by Gasteiger charge is -2.43. The number of hydrogen-bond donors (Lipinski definition) is 1. The number of esters is 2. The highest BCUT2D eigenvalue weighted by atomic mass is 16.8. The minimum Gasteiger partial charge on any atom is -0.457 e. The average Bonchev–Trinajstić information content (AvgIpc) is 3.15. The number of carbonyl (C=O) groups excluding carboxylic acids is 2. The Kier molecular flexibility index (Phi) is 6.37. The van der Waals surface area contributed by atoms with Crippen molar-refractivity contribution in [1.29, 1.82) is 0 Å². The number of rotatable bonds is 7. The summed E-state index contributed by atoms with van der Waals surface area (Å²) < 4.78 is 17.1. The molecule has 2 saturated heterocycles. The number of piperidine rings is 1. The van der Waals surface area contributed by atoms with Crippen molar-refractivity contribution in [2.45, 2.75) is 38.1 Å². The van der Waals surface area contributed by atoms with Gasteiger partial charge >= 0.3 is 17.8 Å². The molecule has 8 nitrogen and oxygen atoms in total. The van der Waals surface area contributed by atoms with Crippen LogP contribution in [-0.4, -0.2) is 34.3 Å². The van der Waals surface area contributed by atoms with Crippen LogP contribution in [0.2, 0.25) is 0 Å². The topological polar surface area (TPSA) is 97.9 Å². The Balaban J connectivity index is 1.30. The lowest BCUT2D eigenvalue weighted by Crippen LogP contribution is -2.55. The molecule has 1 N–H and O–H groups in total. The van der Waals surface area contributed by atoms with Gasteiger partial charge in [-0.2, -0.15) is 0 Å². The van der Waals surface area contributed by atoms with E-state index >= 15 is 0 Å². The number of H-pyrrole nitrogens is 1. The van der Waals surface area contributed by atoms with Gasteiger partial charge in [-0.25, -0.2) is 14.5 Å². The smallest absolute Gasteiger partial charge is 0.421 e. The van der Waals surface area contributed by atoms with Crippen LogP contribution < -0.4 is 10.3 Å². The number of benzene rings is 2. The fraction of sp³-hybridized carbons (Fsp3) is 0.296. The molecule has 8 heteroatoms. The van der Waals surface area contributed by atoms with Crippen LogP contribution in [0.1, 0.15) is 30.4 Å². The maximum Gasteiger partial charge on any atom is 0.421 e. The Morgan fingerprint density at radius 1 is 0.914 bits per heavy atom. The van der Waals surface area contributed by atoms with Crippen LogP contribution in [0.25, 0.3) is 0 Å². The molecule has 1 unspecified atom stereocenters. The van der Waals surface area contributed by atoms with Crippen molar-refractivity contribution < 1.29 is 23.8 Å². The number of pyridine rings is 1. The van der Waals surface area contributed by atoms with Gasteiger partial charge < -0.3 is 19.2 Å². The van der Waals surface area contributed by atoms with E-state index in [1.807, 2.05) is 54.6 Å². The zero-order valence-corrected chi connectivity index (χ0v) is 19.1. The predicted molar refractivity (Wildman–Crippen MR) is 126 cm³/mol. The summed E-state index contributed by atoms with van der Waals surface area (Å²) in [5.74, 6) is -1.78. The number of nitrogens with zero attached hydrogens (tertiary/aromatic N) is 1.